The number of nitrogens with zero attached hydrogens (tertiary/aromatic N) is 2. The lowest BCUT2D eigenvalue weighted by atomic mass is 10.1. The summed E-state index contributed by atoms with van der Waals surface area (Å²) in [5.74, 6) is 0.728. The molecule has 128 valence electrons. The molecule has 1 N–H and O–H groups in total. The fourth-order valence-electron chi connectivity index (χ4n) is 2.76. The summed E-state index contributed by atoms with van der Waals surface area (Å²) in [6, 6.07) is 5.98. The molecule has 0 unspecified atom stereocenters. The quantitative estimate of drug-likeness (QED) is 0.773. The van der Waals surface area contributed by atoms with Crippen LogP contribution in [0.5, 0.6) is 5.75 Å². The largest absolute Gasteiger partial charge is 0.484 e. The molecule has 1 amide bonds. The van der Waals surface area contributed by atoms with Crippen LogP contribution in [0.4, 0.5) is 0 Å². The second-order valence-corrected chi connectivity index (χ2v) is 6.41. The third-order valence-corrected chi connectivity index (χ3v) is 4.26. The molecule has 0 bridgehead atoms. The molecule has 1 heterocycles. The summed E-state index contributed by atoms with van der Waals surface area (Å²) in [4.78, 5) is 16.6. The number of hydrogen-bond acceptors (Lipinski definition) is 4. The SMILES string of the molecule is Cc1ccc(OCC(=O)NCCCN2CCN(C)CC2)c(C)c1. The average molecular weight is 319 g/mol. The first-order valence-electron chi connectivity index (χ1n) is 8.42. The molecule has 0 aliphatic carbocycles. The van der Waals surface area contributed by atoms with Crippen molar-refractivity contribution in [3.05, 3.63) is 29.3 Å². The van der Waals surface area contributed by atoms with Gasteiger partial charge in [-0.2, -0.15) is 0 Å². The van der Waals surface area contributed by atoms with Gasteiger partial charge >= 0.3 is 0 Å². The molecule has 1 aromatic rings. The number of carbonyl (C=O) groups excluding carboxylic acids is 1. The molecule has 0 spiro atoms. The maximum absolute atomic E-state index is 11.8. The third kappa shape index (κ3) is 6.20. The summed E-state index contributed by atoms with van der Waals surface area (Å²) in [5, 5.41) is 2.93. The van der Waals surface area contributed by atoms with E-state index in [1.165, 1.54) is 5.56 Å². The van der Waals surface area contributed by atoms with Gasteiger partial charge in [-0.1, -0.05) is 17.7 Å². The topological polar surface area (TPSA) is 44.8 Å². The highest BCUT2D eigenvalue weighted by Crippen LogP contribution is 2.18. The predicted octanol–water partition coefficient (Wildman–Crippen LogP) is 1.44. The maximum Gasteiger partial charge on any atom is 0.257 e. The fraction of sp³-hybridized carbons (Fsp3) is 0.611. The number of nitrogens with one attached hydrogen (secondary N) is 1. The van der Waals surface area contributed by atoms with Gasteiger partial charge in [0.2, 0.25) is 0 Å². The molecule has 1 aliphatic rings. The first kappa shape index (κ1) is 17.8. The van der Waals surface area contributed by atoms with Crippen LogP contribution >= 0.6 is 0 Å². The maximum atomic E-state index is 11.8. The molecule has 1 fully saturated rings. The van der Waals surface area contributed by atoms with Crippen LogP contribution in [0.2, 0.25) is 0 Å². The van der Waals surface area contributed by atoms with Crippen molar-refractivity contribution >= 4 is 5.91 Å². The molecule has 1 saturated heterocycles. The third-order valence-electron chi connectivity index (χ3n) is 4.26. The molecule has 1 aliphatic heterocycles. The number of benzene rings is 1. The van der Waals surface area contributed by atoms with E-state index in [9.17, 15) is 4.79 Å². The van der Waals surface area contributed by atoms with E-state index < -0.39 is 0 Å². The van der Waals surface area contributed by atoms with Crippen molar-refractivity contribution in [1.29, 1.82) is 0 Å². The Kier molecular flexibility index (Phi) is 6.86. The Morgan fingerprint density at radius 1 is 1.22 bits per heavy atom. The van der Waals surface area contributed by atoms with Crippen LogP contribution in [0.3, 0.4) is 0 Å². The molecule has 1 aromatic carbocycles. The molecular weight excluding hydrogens is 290 g/mol. The zero-order valence-electron chi connectivity index (χ0n) is 14.6. The lowest BCUT2D eigenvalue weighted by molar-refractivity contribution is -0.123. The van der Waals surface area contributed by atoms with E-state index in [0.717, 1.165) is 50.5 Å². The van der Waals surface area contributed by atoms with Crippen LogP contribution in [0.1, 0.15) is 17.5 Å². The molecule has 0 atom stereocenters. The summed E-state index contributed by atoms with van der Waals surface area (Å²) < 4.78 is 5.58. The van der Waals surface area contributed by atoms with Gasteiger partial charge in [0, 0.05) is 32.7 Å². The second-order valence-electron chi connectivity index (χ2n) is 6.41. The smallest absolute Gasteiger partial charge is 0.257 e. The van der Waals surface area contributed by atoms with Crippen LogP contribution in [0.15, 0.2) is 18.2 Å². The van der Waals surface area contributed by atoms with Crippen LogP contribution in [-0.2, 0) is 4.79 Å². The number of aryl methyl sites for hydroxylation is 2. The molecular formula is C18H29N3O2. The highest BCUT2D eigenvalue weighted by molar-refractivity contribution is 5.77. The highest BCUT2D eigenvalue weighted by Gasteiger charge is 2.13. The first-order valence-corrected chi connectivity index (χ1v) is 8.42. The molecule has 2 rings (SSSR count). The van der Waals surface area contributed by atoms with E-state index in [2.05, 4.69) is 28.2 Å². The minimum atomic E-state index is -0.0525. The van der Waals surface area contributed by atoms with Gasteiger partial charge in [-0.25, -0.2) is 0 Å². The Labute approximate surface area is 139 Å². The number of hydrogen-bond donors (Lipinski definition) is 1. The fourth-order valence-corrected chi connectivity index (χ4v) is 2.76. The number of likely N-dealkylation sites (N-methyl/N-ethyl adjacent to an activating group) is 1. The van der Waals surface area contributed by atoms with Gasteiger partial charge in [0.25, 0.3) is 5.91 Å². The standard InChI is InChI=1S/C18H29N3O2/c1-15-5-6-17(16(2)13-15)23-14-18(22)19-7-4-8-21-11-9-20(3)10-12-21/h5-6,13H,4,7-12,14H2,1-3H3,(H,19,22). The average Bonchev–Trinajstić information content (AvgIpc) is 2.52. The summed E-state index contributed by atoms with van der Waals surface area (Å²) in [7, 11) is 2.16. The monoisotopic (exact) mass is 319 g/mol. The summed E-state index contributed by atoms with van der Waals surface area (Å²) >= 11 is 0. The molecule has 23 heavy (non-hydrogen) atoms. The Hall–Kier alpha value is -1.59. The van der Waals surface area contributed by atoms with Crippen LogP contribution in [0.25, 0.3) is 0 Å². The minimum absolute atomic E-state index is 0.0525. The van der Waals surface area contributed by atoms with E-state index in [-0.39, 0.29) is 12.5 Å². The molecule has 0 radical (unpaired) electrons. The van der Waals surface area contributed by atoms with Gasteiger partial charge in [0.1, 0.15) is 5.75 Å². The van der Waals surface area contributed by atoms with E-state index in [4.69, 9.17) is 4.74 Å². The van der Waals surface area contributed by atoms with Crippen molar-refractivity contribution in [2.24, 2.45) is 0 Å². The number of rotatable bonds is 7. The van der Waals surface area contributed by atoms with Gasteiger partial charge in [-0.05, 0) is 45.5 Å². The van der Waals surface area contributed by atoms with Crippen LogP contribution in [0, 0.1) is 13.8 Å². The van der Waals surface area contributed by atoms with Crippen molar-refractivity contribution < 1.29 is 9.53 Å². The zero-order valence-corrected chi connectivity index (χ0v) is 14.6. The van der Waals surface area contributed by atoms with Gasteiger partial charge < -0.3 is 19.9 Å². The van der Waals surface area contributed by atoms with Crippen molar-refractivity contribution in [3.63, 3.8) is 0 Å². The van der Waals surface area contributed by atoms with Gasteiger partial charge in [-0.15, -0.1) is 0 Å². The Morgan fingerprint density at radius 2 is 1.96 bits per heavy atom. The minimum Gasteiger partial charge on any atom is -0.484 e. The number of ether oxygens (including phenoxy) is 1. The van der Waals surface area contributed by atoms with Crippen molar-refractivity contribution in [3.8, 4) is 5.75 Å². The lowest BCUT2D eigenvalue weighted by Gasteiger charge is -2.32. The van der Waals surface area contributed by atoms with Crippen LogP contribution in [-0.4, -0.2) is 68.6 Å². The normalized spacial score (nSPS) is 16.3. The molecule has 5 nitrogen and oxygen atoms in total. The summed E-state index contributed by atoms with van der Waals surface area (Å²) in [5.41, 5.74) is 2.26. The number of carbonyl (C=O) groups is 1. The Morgan fingerprint density at radius 3 is 2.65 bits per heavy atom. The van der Waals surface area contributed by atoms with E-state index in [1.54, 1.807) is 0 Å². The van der Waals surface area contributed by atoms with Crippen molar-refractivity contribution in [2.45, 2.75) is 20.3 Å². The van der Waals surface area contributed by atoms with E-state index >= 15 is 0 Å². The van der Waals surface area contributed by atoms with Crippen LogP contribution < -0.4 is 10.1 Å². The highest BCUT2D eigenvalue weighted by atomic mass is 16.5. The zero-order chi connectivity index (χ0) is 16.7. The first-order chi connectivity index (χ1) is 11.0. The second kappa shape index (κ2) is 8.89. The molecule has 5 heteroatoms. The Balaban J connectivity index is 1.58. The molecule has 0 aromatic heterocycles. The number of piperazine rings is 1. The summed E-state index contributed by atoms with van der Waals surface area (Å²) in [6.07, 6.45) is 0.985. The van der Waals surface area contributed by atoms with E-state index in [1.807, 2.05) is 26.0 Å². The predicted molar refractivity (Wildman–Crippen MR) is 93.0 cm³/mol. The lowest BCUT2D eigenvalue weighted by Crippen LogP contribution is -2.45. The van der Waals surface area contributed by atoms with Gasteiger partial charge in [0.05, 0.1) is 0 Å². The summed E-state index contributed by atoms with van der Waals surface area (Å²) in [6.45, 7) is 10.4. The van der Waals surface area contributed by atoms with Crippen molar-refractivity contribution in [1.82, 2.24) is 15.1 Å². The van der Waals surface area contributed by atoms with Crippen molar-refractivity contribution in [2.75, 3.05) is 52.9 Å². The van der Waals surface area contributed by atoms with E-state index in [0.29, 0.717) is 6.54 Å². The van der Waals surface area contributed by atoms with Gasteiger partial charge in [0.15, 0.2) is 6.61 Å². The van der Waals surface area contributed by atoms with Gasteiger partial charge in [-0.3, -0.25) is 4.79 Å². The Bertz CT molecular complexity index is 511. The molecule has 0 saturated carbocycles. The number of amides is 1.